The zero-order valence-corrected chi connectivity index (χ0v) is 10.5. The minimum absolute atomic E-state index is 0.415. The van der Waals surface area contributed by atoms with Gasteiger partial charge in [-0.1, -0.05) is 13.3 Å². The number of hydrogen-bond donors (Lipinski definition) is 1. The van der Waals surface area contributed by atoms with Crippen LogP contribution >= 0.6 is 10.7 Å². The number of nitrogens with one attached hydrogen (secondary N) is 1. The Balaban J connectivity index is 2.54. The highest BCUT2D eigenvalue weighted by molar-refractivity contribution is 8.14. The number of unbranched alkanes of at least 4 members (excludes halogenated alkanes) is 1. The molecule has 0 aliphatic carbocycles. The van der Waals surface area contributed by atoms with Crippen LogP contribution in [0.2, 0.25) is 0 Å². The third-order valence-corrected chi connectivity index (χ3v) is 2.57. The molecule has 1 rings (SSSR count). The number of halogens is 1. The van der Waals surface area contributed by atoms with Crippen molar-refractivity contribution in [2.45, 2.75) is 19.8 Å². The van der Waals surface area contributed by atoms with Crippen LogP contribution in [0.4, 0.5) is 5.69 Å². The molecular formula is C10H14ClNO3S. The molecule has 0 saturated heterocycles. The Morgan fingerprint density at radius 3 is 2.44 bits per heavy atom. The van der Waals surface area contributed by atoms with Gasteiger partial charge in [-0.05, 0) is 30.7 Å². The Hall–Kier alpha value is -0.940. The van der Waals surface area contributed by atoms with E-state index in [9.17, 15) is 8.42 Å². The SMILES string of the molecule is CCCCOc1ccc(NS(=O)(=O)Cl)cc1. The molecule has 0 heterocycles. The average Bonchev–Trinajstić information content (AvgIpc) is 2.19. The second-order valence-corrected chi connectivity index (χ2v) is 5.56. The Bertz CT molecular complexity index is 416. The number of benzene rings is 1. The summed E-state index contributed by atoms with van der Waals surface area (Å²) >= 11 is 0. The molecule has 0 unspecified atom stereocenters. The van der Waals surface area contributed by atoms with Gasteiger partial charge in [-0.15, -0.1) is 0 Å². The van der Waals surface area contributed by atoms with Crippen molar-refractivity contribution in [1.82, 2.24) is 0 Å². The summed E-state index contributed by atoms with van der Waals surface area (Å²) in [5, 5.41) is 0. The van der Waals surface area contributed by atoms with Gasteiger partial charge >= 0.3 is 9.24 Å². The van der Waals surface area contributed by atoms with Crippen LogP contribution in [0, 0.1) is 0 Å². The van der Waals surface area contributed by atoms with E-state index in [0.29, 0.717) is 18.0 Å². The molecular weight excluding hydrogens is 250 g/mol. The molecule has 0 atom stereocenters. The predicted molar refractivity (Wildman–Crippen MR) is 65.2 cm³/mol. The molecule has 0 aliphatic heterocycles. The molecule has 0 saturated carbocycles. The molecule has 90 valence electrons. The van der Waals surface area contributed by atoms with Gasteiger partial charge < -0.3 is 4.74 Å². The molecule has 1 aromatic carbocycles. The molecule has 0 bridgehead atoms. The molecule has 6 heteroatoms. The molecule has 0 spiro atoms. The van der Waals surface area contributed by atoms with Crippen molar-refractivity contribution in [1.29, 1.82) is 0 Å². The Morgan fingerprint density at radius 2 is 1.94 bits per heavy atom. The average molecular weight is 264 g/mol. The van der Waals surface area contributed by atoms with Gasteiger partial charge in [-0.3, -0.25) is 4.72 Å². The van der Waals surface area contributed by atoms with Crippen molar-refractivity contribution in [2.24, 2.45) is 0 Å². The number of rotatable bonds is 6. The Kier molecular flexibility index (Phi) is 4.89. The lowest BCUT2D eigenvalue weighted by molar-refractivity contribution is 0.309. The molecule has 0 aromatic heterocycles. The summed E-state index contributed by atoms with van der Waals surface area (Å²) in [5.74, 6) is 0.714. The summed E-state index contributed by atoms with van der Waals surface area (Å²) < 4.78 is 29.0. The topological polar surface area (TPSA) is 55.4 Å². The van der Waals surface area contributed by atoms with Crippen LogP contribution < -0.4 is 9.46 Å². The summed E-state index contributed by atoms with van der Waals surface area (Å²) in [6, 6.07) is 6.59. The molecule has 16 heavy (non-hydrogen) atoms. The minimum Gasteiger partial charge on any atom is -0.494 e. The van der Waals surface area contributed by atoms with Crippen molar-refractivity contribution < 1.29 is 13.2 Å². The molecule has 0 amide bonds. The molecule has 0 aliphatic rings. The van der Waals surface area contributed by atoms with E-state index < -0.39 is 9.24 Å². The molecule has 1 aromatic rings. The summed E-state index contributed by atoms with van der Waals surface area (Å²) in [6.07, 6.45) is 2.07. The standard InChI is InChI=1S/C10H14ClNO3S/c1-2-3-8-15-10-6-4-9(5-7-10)12-16(11,13)14/h4-7,12H,2-3,8H2,1H3. The smallest absolute Gasteiger partial charge is 0.319 e. The van der Waals surface area contributed by atoms with Gasteiger partial charge in [0.25, 0.3) is 0 Å². The van der Waals surface area contributed by atoms with Crippen LogP contribution in [0.5, 0.6) is 5.75 Å². The van der Waals surface area contributed by atoms with Crippen LogP contribution in [0.15, 0.2) is 24.3 Å². The van der Waals surface area contributed by atoms with Crippen molar-refractivity contribution in [3.63, 3.8) is 0 Å². The molecule has 0 radical (unpaired) electrons. The van der Waals surface area contributed by atoms with Gasteiger partial charge in [0.15, 0.2) is 0 Å². The molecule has 1 N–H and O–H groups in total. The van der Waals surface area contributed by atoms with Crippen molar-refractivity contribution in [2.75, 3.05) is 11.3 Å². The summed E-state index contributed by atoms with van der Waals surface area (Å²) in [7, 11) is 1.31. The van der Waals surface area contributed by atoms with E-state index in [1.165, 1.54) is 0 Å². The van der Waals surface area contributed by atoms with E-state index in [1.54, 1.807) is 24.3 Å². The summed E-state index contributed by atoms with van der Waals surface area (Å²) in [6.45, 7) is 2.75. The Morgan fingerprint density at radius 1 is 1.31 bits per heavy atom. The van der Waals surface area contributed by atoms with E-state index in [4.69, 9.17) is 15.4 Å². The highest BCUT2D eigenvalue weighted by Gasteiger charge is 2.03. The van der Waals surface area contributed by atoms with E-state index in [1.807, 2.05) is 0 Å². The maximum absolute atomic E-state index is 10.7. The second kappa shape index (κ2) is 5.96. The van der Waals surface area contributed by atoms with Gasteiger partial charge in [0.05, 0.1) is 6.61 Å². The zero-order valence-electron chi connectivity index (χ0n) is 8.94. The highest BCUT2D eigenvalue weighted by Crippen LogP contribution is 2.17. The highest BCUT2D eigenvalue weighted by atomic mass is 35.7. The first-order valence-electron chi connectivity index (χ1n) is 4.96. The predicted octanol–water partition coefficient (Wildman–Crippen LogP) is 2.76. The quantitative estimate of drug-likeness (QED) is 0.634. The monoisotopic (exact) mass is 263 g/mol. The third kappa shape index (κ3) is 5.23. The van der Waals surface area contributed by atoms with Crippen molar-refractivity contribution in [3.05, 3.63) is 24.3 Å². The van der Waals surface area contributed by atoms with Gasteiger partial charge in [0, 0.05) is 16.4 Å². The number of hydrogen-bond acceptors (Lipinski definition) is 3. The van der Waals surface area contributed by atoms with Crippen LogP contribution in [0.3, 0.4) is 0 Å². The van der Waals surface area contributed by atoms with E-state index in [2.05, 4.69) is 11.6 Å². The lowest BCUT2D eigenvalue weighted by Crippen LogP contribution is -2.04. The van der Waals surface area contributed by atoms with E-state index in [-0.39, 0.29) is 0 Å². The van der Waals surface area contributed by atoms with Crippen LogP contribution in [0.1, 0.15) is 19.8 Å². The lowest BCUT2D eigenvalue weighted by atomic mass is 10.3. The van der Waals surface area contributed by atoms with Crippen LogP contribution in [0.25, 0.3) is 0 Å². The maximum atomic E-state index is 10.7. The van der Waals surface area contributed by atoms with Gasteiger partial charge in [0.2, 0.25) is 0 Å². The summed E-state index contributed by atoms with van der Waals surface area (Å²) in [5.41, 5.74) is 0.415. The van der Waals surface area contributed by atoms with Gasteiger partial charge in [-0.2, -0.15) is 8.42 Å². The zero-order chi connectivity index (χ0) is 12.0. The fourth-order valence-electron chi connectivity index (χ4n) is 1.09. The first-order chi connectivity index (χ1) is 7.51. The maximum Gasteiger partial charge on any atom is 0.319 e. The summed E-state index contributed by atoms with van der Waals surface area (Å²) in [4.78, 5) is 0. The largest absolute Gasteiger partial charge is 0.494 e. The Labute approximate surface area is 100 Å². The van der Waals surface area contributed by atoms with E-state index >= 15 is 0 Å². The van der Waals surface area contributed by atoms with E-state index in [0.717, 1.165) is 12.8 Å². The third-order valence-electron chi connectivity index (χ3n) is 1.86. The molecule has 4 nitrogen and oxygen atoms in total. The normalized spacial score (nSPS) is 11.1. The lowest BCUT2D eigenvalue weighted by Gasteiger charge is -2.06. The van der Waals surface area contributed by atoms with Crippen molar-refractivity contribution >= 4 is 25.6 Å². The van der Waals surface area contributed by atoms with Gasteiger partial charge in [-0.25, -0.2) is 0 Å². The fraction of sp³-hybridized carbons (Fsp3) is 0.400. The second-order valence-electron chi connectivity index (χ2n) is 3.27. The van der Waals surface area contributed by atoms with Crippen molar-refractivity contribution in [3.8, 4) is 5.75 Å². The fourth-order valence-corrected chi connectivity index (χ4v) is 1.78. The van der Waals surface area contributed by atoms with Gasteiger partial charge in [0.1, 0.15) is 5.75 Å². The number of ether oxygens (including phenoxy) is 1. The number of anilines is 1. The minimum atomic E-state index is -3.73. The van der Waals surface area contributed by atoms with Crippen LogP contribution in [-0.4, -0.2) is 15.0 Å². The first kappa shape index (κ1) is 13.1. The first-order valence-corrected chi connectivity index (χ1v) is 7.27. The molecule has 0 fully saturated rings. The van der Waals surface area contributed by atoms with Crippen LogP contribution in [-0.2, 0) is 9.24 Å².